The summed E-state index contributed by atoms with van der Waals surface area (Å²) in [6.07, 6.45) is 3.46. The van der Waals surface area contributed by atoms with Crippen LogP contribution in [0.2, 0.25) is 0 Å². The third kappa shape index (κ3) is 2.69. The predicted molar refractivity (Wildman–Crippen MR) is 86.0 cm³/mol. The highest BCUT2D eigenvalue weighted by atomic mass is 35.5. The molecule has 0 spiro atoms. The number of nitrogens with zero attached hydrogens (tertiary/aromatic N) is 5. The van der Waals surface area contributed by atoms with Gasteiger partial charge in [0.2, 0.25) is 0 Å². The number of rotatable bonds is 5. The van der Waals surface area contributed by atoms with E-state index in [-0.39, 0.29) is 0 Å². The van der Waals surface area contributed by atoms with E-state index < -0.39 is 0 Å². The van der Waals surface area contributed by atoms with Crippen molar-refractivity contribution in [1.29, 1.82) is 0 Å². The van der Waals surface area contributed by atoms with Crippen molar-refractivity contribution in [3.8, 4) is 0 Å². The van der Waals surface area contributed by atoms with Crippen molar-refractivity contribution >= 4 is 22.8 Å². The SMILES string of the molecule is Cc1nn(C)c2c1nc(CCCl)n2C(C)CN1CCCC1. The van der Waals surface area contributed by atoms with E-state index in [4.69, 9.17) is 16.6 Å². The average molecular weight is 310 g/mol. The molecular weight excluding hydrogens is 286 g/mol. The van der Waals surface area contributed by atoms with Crippen LogP contribution in [-0.2, 0) is 13.5 Å². The van der Waals surface area contributed by atoms with Gasteiger partial charge in [0.05, 0.1) is 5.69 Å². The van der Waals surface area contributed by atoms with Crippen molar-refractivity contribution in [3.63, 3.8) is 0 Å². The summed E-state index contributed by atoms with van der Waals surface area (Å²) >= 11 is 5.97. The van der Waals surface area contributed by atoms with E-state index in [2.05, 4.69) is 21.5 Å². The second-order valence-corrected chi connectivity index (χ2v) is 6.45. The standard InChI is InChI=1S/C15H24ClN5/c1-11(10-20-8-4-5-9-20)21-13(6-7-16)17-14-12(2)18-19(3)15(14)21/h11H,4-10H2,1-3H3. The number of fused-ring (bicyclic) bond motifs is 1. The number of halogens is 1. The minimum Gasteiger partial charge on any atom is -0.309 e. The number of likely N-dealkylation sites (tertiary alicyclic amines) is 1. The quantitative estimate of drug-likeness (QED) is 0.797. The summed E-state index contributed by atoms with van der Waals surface area (Å²) in [5.41, 5.74) is 3.14. The summed E-state index contributed by atoms with van der Waals surface area (Å²) in [5.74, 6) is 1.69. The highest BCUT2D eigenvalue weighted by Crippen LogP contribution is 2.25. The molecule has 2 aromatic heterocycles. The number of aromatic nitrogens is 4. The average Bonchev–Trinajstić information content (AvgIpc) is 3.10. The first-order valence-corrected chi connectivity index (χ1v) is 8.34. The molecule has 5 nitrogen and oxygen atoms in total. The van der Waals surface area contributed by atoms with Gasteiger partial charge in [0.15, 0.2) is 5.65 Å². The second-order valence-electron chi connectivity index (χ2n) is 6.07. The normalized spacial score (nSPS) is 17.9. The van der Waals surface area contributed by atoms with Crippen molar-refractivity contribution in [2.75, 3.05) is 25.5 Å². The van der Waals surface area contributed by atoms with Crippen LogP contribution in [0.3, 0.4) is 0 Å². The lowest BCUT2D eigenvalue weighted by molar-refractivity contribution is 0.286. The first-order chi connectivity index (χ1) is 10.1. The Morgan fingerprint density at radius 3 is 2.67 bits per heavy atom. The molecule has 0 aromatic carbocycles. The van der Waals surface area contributed by atoms with Gasteiger partial charge in [-0.2, -0.15) is 5.10 Å². The van der Waals surface area contributed by atoms with E-state index in [0.29, 0.717) is 11.9 Å². The number of alkyl halides is 1. The molecular formula is C15H24ClN5. The summed E-state index contributed by atoms with van der Waals surface area (Å²) in [4.78, 5) is 7.34. The Bertz CT molecular complexity index is 624. The predicted octanol–water partition coefficient (Wildman–Crippen LogP) is 2.52. The van der Waals surface area contributed by atoms with Crippen LogP contribution in [-0.4, -0.2) is 49.7 Å². The molecule has 1 fully saturated rings. The maximum absolute atomic E-state index is 5.97. The molecule has 1 aliphatic rings. The molecule has 2 aromatic rings. The molecule has 0 radical (unpaired) electrons. The zero-order valence-electron chi connectivity index (χ0n) is 13.1. The summed E-state index contributed by atoms with van der Waals surface area (Å²) in [6, 6.07) is 0.390. The van der Waals surface area contributed by atoms with Crippen LogP contribution in [0.15, 0.2) is 0 Å². The maximum Gasteiger partial charge on any atom is 0.158 e. The highest BCUT2D eigenvalue weighted by Gasteiger charge is 2.23. The number of hydrogen-bond acceptors (Lipinski definition) is 3. The van der Waals surface area contributed by atoms with E-state index in [0.717, 1.165) is 35.6 Å². The lowest BCUT2D eigenvalue weighted by Crippen LogP contribution is -2.28. The molecule has 0 bridgehead atoms. The Labute approximate surface area is 130 Å². The van der Waals surface area contributed by atoms with Crippen molar-refractivity contribution < 1.29 is 0 Å². The Morgan fingerprint density at radius 2 is 2.00 bits per heavy atom. The van der Waals surface area contributed by atoms with Crippen LogP contribution >= 0.6 is 11.6 Å². The van der Waals surface area contributed by atoms with Gasteiger partial charge in [0.1, 0.15) is 11.3 Å². The third-order valence-corrected chi connectivity index (χ3v) is 4.58. The van der Waals surface area contributed by atoms with Crippen LogP contribution in [0.5, 0.6) is 0 Å². The van der Waals surface area contributed by atoms with Crippen LogP contribution < -0.4 is 0 Å². The van der Waals surface area contributed by atoms with Gasteiger partial charge < -0.3 is 9.47 Å². The zero-order chi connectivity index (χ0) is 15.0. The lowest BCUT2D eigenvalue weighted by atomic mass is 10.3. The lowest BCUT2D eigenvalue weighted by Gasteiger charge is -2.23. The second kappa shape index (κ2) is 5.97. The van der Waals surface area contributed by atoms with Crippen molar-refractivity contribution in [3.05, 3.63) is 11.5 Å². The summed E-state index contributed by atoms with van der Waals surface area (Å²) in [6.45, 7) is 7.81. The van der Waals surface area contributed by atoms with E-state index in [9.17, 15) is 0 Å². The Balaban J connectivity index is 1.98. The monoisotopic (exact) mass is 309 g/mol. The van der Waals surface area contributed by atoms with Crippen molar-refractivity contribution in [2.24, 2.45) is 7.05 Å². The third-order valence-electron chi connectivity index (χ3n) is 4.39. The van der Waals surface area contributed by atoms with Crippen LogP contribution in [0.25, 0.3) is 11.2 Å². The van der Waals surface area contributed by atoms with Gasteiger partial charge in [-0.3, -0.25) is 4.68 Å². The molecule has 0 amide bonds. The maximum atomic E-state index is 5.97. The fourth-order valence-corrected chi connectivity index (χ4v) is 3.65. The molecule has 116 valence electrons. The molecule has 3 heterocycles. The minimum atomic E-state index is 0.390. The van der Waals surface area contributed by atoms with E-state index >= 15 is 0 Å². The largest absolute Gasteiger partial charge is 0.309 e. The molecule has 1 saturated heterocycles. The molecule has 0 N–H and O–H groups in total. The topological polar surface area (TPSA) is 38.9 Å². The van der Waals surface area contributed by atoms with Gasteiger partial charge in [0, 0.05) is 31.9 Å². The van der Waals surface area contributed by atoms with Gasteiger partial charge in [-0.15, -0.1) is 11.6 Å². The highest BCUT2D eigenvalue weighted by molar-refractivity contribution is 6.17. The number of hydrogen-bond donors (Lipinski definition) is 0. The fraction of sp³-hybridized carbons (Fsp3) is 0.733. The smallest absolute Gasteiger partial charge is 0.158 e. The Hall–Kier alpha value is -1.07. The fourth-order valence-electron chi connectivity index (χ4n) is 3.49. The minimum absolute atomic E-state index is 0.390. The van der Waals surface area contributed by atoms with E-state index in [1.165, 1.54) is 25.9 Å². The van der Waals surface area contributed by atoms with Crippen molar-refractivity contribution in [1.82, 2.24) is 24.2 Å². The summed E-state index contributed by atoms with van der Waals surface area (Å²) in [5, 5.41) is 4.51. The summed E-state index contributed by atoms with van der Waals surface area (Å²) < 4.78 is 4.30. The van der Waals surface area contributed by atoms with Gasteiger partial charge in [-0.25, -0.2) is 4.98 Å². The summed E-state index contributed by atoms with van der Waals surface area (Å²) in [7, 11) is 2.00. The van der Waals surface area contributed by atoms with E-state index in [1.807, 2.05) is 18.7 Å². The number of aryl methyl sites for hydroxylation is 3. The Kier molecular flexibility index (Phi) is 4.22. The van der Waals surface area contributed by atoms with E-state index in [1.54, 1.807) is 0 Å². The first kappa shape index (κ1) is 14.9. The molecule has 21 heavy (non-hydrogen) atoms. The van der Waals surface area contributed by atoms with Gasteiger partial charge in [-0.1, -0.05) is 0 Å². The molecule has 6 heteroatoms. The molecule has 0 aliphatic carbocycles. The number of imidazole rings is 1. The van der Waals surface area contributed by atoms with Crippen LogP contribution in [0.1, 0.15) is 37.3 Å². The zero-order valence-corrected chi connectivity index (χ0v) is 13.9. The van der Waals surface area contributed by atoms with Crippen molar-refractivity contribution in [2.45, 2.75) is 39.2 Å². The molecule has 1 aliphatic heterocycles. The first-order valence-electron chi connectivity index (χ1n) is 7.80. The Morgan fingerprint density at radius 1 is 1.29 bits per heavy atom. The molecule has 1 atom stereocenters. The van der Waals surface area contributed by atoms with Gasteiger partial charge >= 0.3 is 0 Å². The van der Waals surface area contributed by atoms with Gasteiger partial charge in [0.25, 0.3) is 0 Å². The molecule has 3 rings (SSSR count). The van der Waals surface area contributed by atoms with Crippen LogP contribution in [0.4, 0.5) is 0 Å². The molecule has 0 saturated carbocycles. The molecule has 1 unspecified atom stereocenters. The van der Waals surface area contributed by atoms with Gasteiger partial charge in [-0.05, 0) is 39.8 Å². The van der Waals surface area contributed by atoms with Crippen LogP contribution in [0, 0.1) is 6.92 Å².